The molecule has 1 aromatic carbocycles. The van der Waals surface area contributed by atoms with Gasteiger partial charge in [-0.15, -0.1) is 0 Å². The van der Waals surface area contributed by atoms with E-state index < -0.39 is 5.97 Å². The van der Waals surface area contributed by atoms with Crippen molar-refractivity contribution < 1.29 is 14.3 Å². The maximum Gasteiger partial charge on any atom is 0.340 e. The molecule has 0 radical (unpaired) electrons. The highest BCUT2D eigenvalue weighted by Crippen LogP contribution is 2.31. The normalized spacial score (nSPS) is 16.1. The number of amides is 1. The quantitative estimate of drug-likeness (QED) is 0.784. The second kappa shape index (κ2) is 6.98. The number of hydrogen-bond donors (Lipinski definition) is 0. The Bertz CT molecular complexity index is 851. The van der Waals surface area contributed by atoms with Gasteiger partial charge in [-0.2, -0.15) is 0 Å². The molecular weight excluding hydrogens is 328 g/mol. The molecule has 1 unspecified atom stereocenters. The molecule has 1 aliphatic rings. The summed E-state index contributed by atoms with van der Waals surface area (Å²) in [6, 6.07) is 10.0. The van der Waals surface area contributed by atoms with Gasteiger partial charge in [0.15, 0.2) is 6.61 Å². The molecule has 0 spiro atoms. The number of para-hydroxylation sites is 1. The lowest BCUT2D eigenvalue weighted by molar-refractivity contribution is -0.122. The summed E-state index contributed by atoms with van der Waals surface area (Å²) in [6.07, 6.45) is 0.825. The van der Waals surface area contributed by atoms with E-state index in [9.17, 15) is 9.59 Å². The Morgan fingerprint density at radius 1 is 1.23 bits per heavy atom. The summed E-state index contributed by atoms with van der Waals surface area (Å²) in [5.74, 6) is -0.632. The van der Waals surface area contributed by atoms with Gasteiger partial charge in [0.05, 0.1) is 5.56 Å². The van der Waals surface area contributed by atoms with E-state index in [-0.39, 0.29) is 24.6 Å². The first kappa shape index (κ1) is 18.2. The molecule has 0 saturated heterocycles. The Labute approximate surface area is 154 Å². The lowest BCUT2D eigenvalue weighted by atomic mass is 10.1. The molecule has 26 heavy (non-hydrogen) atoms. The average molecular weight is 354 g/mol. The number of aryl methyl sites for hydroxylation is 1. The van der Waals surface area contributed by atoms with E-state index in [1.54, 1.807) is 4.90 Å². The summed E-state index contributed by atoms with van der Waals surface area (Å²) < 4.78 is 7.45. The van der Waals surface area contributed by atoms with Crippen LogP contribution < -0.4 is 4.90 Å². The third kappa shape index (κ3) is 3.14. The van der Waals surface area contributed by atoms with E-state index in [4.69, 9.17) is 4.74 Å². The second-order valence-electron chi connectivity index (χ2n) is 7.27. The molecule has 0 saturated carbocycles. The fraction of sp³-hybridized carbons (Fsp3) is 0.429. The molecule has 1 atom stereocenters. The van der Waals surface area contributed by atoms with Crippen molar-refractivity contribution in [3.05, 3.63) is 52.8 Å². The minimum Gasteiger partial charge on any atom is -0.452 e. The molecule has 5 heteroatoms. The highest BCUT2D eigenvalue weighted by Gasteiger charge is 2.31. The fourth-order valence-corrected chi connectivity index (χ4v) is 4.00. The predicted molar refractivity (Wildman–Crippen MR) is 102 cm³/mol. The highest BCUT2D eigenvalue weighted by atomic mass is 16.5. The molecule has 1 aromatic heterocycles. The van der Waals surface area contributed by atoms with Gasteiger partial charge in [0, 0.05) is 29.2 Å². The molecule has 2 heterocycles. The lowest BCUT2D eigenvalue weighted by Gasteiger charge is -2.22. The van der Waals surface area contributed by atoms with Crippen molar-refractivity contribution in [2.75, 3.05) is 11.5 Å². The third-order valence-electron chi connectivity index (χ3n) is 5.02. The smallest absolute Gasteiger partial charge is 0.340 e. The van der Waals surface area contributed by atoms with Crippen LogP contribution in [0.15, 0.2) is 30.3 Å². The van der Waals surface area contributed by atoms with Crippen molar-refractivity contribution in [3.8, 4) is 0 Å². The zero-order valence-electron chi connectivity index (χ0n) is 16.1. The number of nitrogens with zero attached hydrogens (tertiary/aromatic N) is 2. The first-order valence-corrected chi connectivity index (χ1v) is 9.06. The van der Waals surface area contributed by atoms with Gasteiger partial charge in [-0.1, -0.05) is 18.2 Å². The maximum atomic E-state index is 12.7. The SMILES string of the molecule is Cc1cc(C(=O)OCC(=O)N2c3ccccc3CC2C)c(C)n1C(C)C. The van der Waals surface area contributed by atoms with E-state index in [1.165, 1.54) is 0 Å². The van der Waals surface area contributed by atoms with Crippen molar-refractivity contribution in [1.82, 2.24) is 4.57 Å². The monoisotopic (exact) mass is 354 g/mol. The Morgan fingerprint density at radius 2 is 1.92 bits per heavy atom. The van der Waals surface area contributed by atoms with Crippen molar-refractivity contribution in [2.24, 2.45) is 0 Å². The van der Waals surface area contributed by atoms with Gasteiger partial charge < -0.3 is 14.2 Å². The molecule has 0 aliphatic carbocycles. The van der Waals surface area contributed by atoms with Gasteiger partial charge in [0.25, 0.3) is 5.91 Å². The number of hydrogen-bond acceptors (Lipinski definition) is 3. The number of carbonyl (C=O) groups excluding carboxylic acids is 2. The Kier molecular flexibility index (Phi) is 4.90. The molecule has 138 valence electrons. The molecule has 0 fully saturated rings. The van der Waals surface area contributed by atoms with Gasteiger partial charge >= 0.3 is 5.97 Å². The predicted octanol–water partition coefficient (Wildman–Crippen LogP) is 3.82. The number of anilines is 1. The van der Waals surface area contributed by atoms with Gasteiger partial charge in [-0.25, -0.2) is 4.79 Å². The molecule has 0 bridgehead atoms. The third-order valence-corrected chi connectivity index (χ3v) is 5.02. The Balaban J connectivity index is 1.71. The van der Waals surface area contributed by atoms with Crippen LogP contribution in [-0.2, 0) is 16.0 Å². The van der Waals surface area contributed by atoms with Crippen LogP contribution >= 0.6 is 0 Å². The summed E-state index contributed by atoms with van der Waals surface area (Å²) >= 11 is 0. The van der Waals surface area contributed by atoms with Gasteiger partial charge in [-0.3, -0.25) is 4.79 Å². The van der Waals surface area contributed by atoms with Crippen LogP contribution in [0.2, 0.25) is 0 Å². The van der Waals surface area contributed by atoms with Crippen LogP contribution in [0.25, 0.3) is 0 Å². The molecule has 1 aliphatic heterocycles. The summed E-state index contributed by atoms with van der Waals surface area (Å²) in [7, 11) is 0. The van der Waals surface area contributed by atoms with E-state index in [1.807, 2.05) is 51.1 Å². The molecule has 1 amide bonds. The Morgan fingerprint density at radius 3 is 2.58 bits per heavy atom. The molecule has 5 nitrogen and oxygen atoms in total. The van der Waals surface area contributed by atoms with Crippen LogP contribution in [-0.4, -0.2) is 29.1 Å². The second-order valence-corrected chi connectivity index (χ2v) is 7.27. The van der Waals surface area contributed by atoms with Crippen LogP contribution in [0, 0.1) is 13.8 Å². The van der Waals surface area contributed by atoms with Crippen molar-refractivity contribution in [1.29, 1.82) is 0 Å². The number of benzene rings is 1. The molecule has 2 aromatic rings. The standard InChI is InChI=1S/C21H26N2O3/c1-13(2)22-15(4)11-18(16(22)5)21(25)26-12-20(24)23-14(3)10-17-8-6-7-9-19(17)23/h6-9,11,13-14H,10,12H2,1-5H3. The Hall–Kier alpha value is -2.56. The van der Waals surface area contributed by atoms with Gasteiger partial charge in [0.1, 0.15) is 0 Å². The van der Waals surface area contributed by atoms with Crippen LogP contribution in [0.5, 0.6) is 0 Å². The molecular formula is C21H26N2O3. The van der Waals surface area contributed by atoms with Crippen molar-refractivity contribution >= 4 is 17.6 Å². The van der Waals surface area contributed by atoms with Crippen molar-refractivity contribution in [3.63, 3.8) is 0 Å². The summed E-state index contributed by atoms with van der Waals surface area (Å²) in [6.45, 7) is 9.79. The van der Waals surface area contributed by atoms with E-state index in [0.29, 0.717) is 5.56 Å². The minimum absolute atomic E-state index is 0.0737. The molecule has 0 N–H and O–H groups in total. The van der Waals surface area contributed by atoms with Crippen LogP contribution in [0.4, 0.5) is 5.69 Å². The van der Waals surface area contributed by atoms with Crippen LogP contribution in [0.1, 0.15) is 54.1 Å². The maximum absolute atomic E-state index is 12.7. The summed E-state index contributed by atoms with van der Waals surface area (Å²) in [4.78, 5) is 26.9. The largest absolute Gasteiger partial charge is 0.452 e. The summed E-state index contributed by atoms with van der Waals surface area (Å²) in [5, 5.41) is 0. The number of carbonyl (C=O) groups is 2. The van der Waals surface area contributed by atoms with Crippen molar-refractivity contribution in [2.45, 2.75) is 53.1 Å². The highest BCUT2D eigenvalue weighted by molar-refractivity contribution is 5.99. The molecule has 3 rings (SSSR count). The minimum atomic E-state index is -0.446. The fourth-order valence-electron chi connectivity index (χ4n) is 4.00. The van der Waals surface area contributed by atoms with E-state index in [0.717, 1.165) is 29.1 Å². The zero-order chi connectivity index (χ0) is 19.0. The first-order valence-electron chi connectivity index (χ1n) is 9.06. The zero-order valence-corrected chi connectivity index (χ0v) is 16.1. The topological polar surface area (TPSA) is 51.5 Å². The number of rotatable bonds is 4. The first-order chi connectivity index (χ1) is 12.3. The average Bonchev–Trinajstić information content (AvgIpc) is 3.07. The lowest BCUT2D eigenvalue weighted by Crippen LogP contribution is -2.38. The number of ether oxygens (including phenoxy) is 1. The van der Waals surface area contributed by atoms with Gasteiger partial charge in [0.2, 0.25) is 0 Å². The number of aromatic nitrogens is 1. The van der Waals surface area contributed by atoms with Crippen LogP contribution in [0.3, 0.4) is 0 Å². The van der Waals surface area contributed by atoms with E-state index in [2.05, 4.69) is 18.4 Å². The van der Waals surface area contributed by atoms with Gasteiger partial charge in [-0.05, 0) is 58.7 Å². The number of esters is 1. The summed E-state index contributed by atoms with van der Waals surface area (Å²) in [5.41, 5.74) is 4.48. The van der Waals surface area contributed by atoms with E-state index >= 15 is 0 Å². The number of fused-ring (bicyclic) bond motifs is 1.